The van der Waals surface area contributed by atoms with Crippen LogP contribution in [-0.4, -0.2) is 33.6 Å². The topological polar surface area (TPSA) is 47.1 Å². The zero-order valence-corrected chi connectivity index (χ0v) is 11.2. The molecule has 1 aromatic heterocycles. The van der Waals surface area contributed by atoms with Gasteiger partial charge in [0.15, 0.2) is 0 Å². The van der Waals surface area contributed by atoms with Gasteiger partial charge in [-0.25, -0.2) is 4.98 Å². The van der Waals surface area contributed by atoms with E-state index in [9.17, 15) is 0 Å². The van der Waals surface area contributed by atoms with Crippen LogP contribution in [-0.2, 0) is 12.1 Å². The van der Waals surface area contributed by atoms with Crippen molar-refractivity contribution in [1.82, 2.24) is 14.5 Å². The number of imidazole rings is 1. The van der Waals surface area contributed by atoms with Crippen LogP contribution in [0.3, 0.4) is 0 Å². The summed E-state index contributed by atoms with van der Waals surface area (Å²) in [6.45, 7) is 9.51. The summed E-state index contributed by atoms with van der Waals surface area (Å²) in [6.07, 6.45) is 6.51. The Labute approximate surface area is 104 Å². The van der Waals surface area contributed by atoms with Gasteiger partial charge >= 0.3 is 0 Å². The van der Waals surface area contributed by atoms with Crippen LogP contribution in [0.5, 0.6) is 0 Å². The van der Waals surface area contributed by atoms with Crippen LogP contribution in [0.4, 0.5) is 0 Å². The predicted octanol–water partition coefficient (Wildman–Crippen LogP) is 1.56. The standard InChI is InChI=1S/C13H24N4/c1-4-16(11-5-6-11)7-8-17-10-15-9-12(17)13(2,3)14/h9-11H,4-8,14H2,1-3H3. The Hall–Kier alpha value is -0.870. The van der Waals surface area contributed by atoms with E-state index >= 15 is 0 Å². The molecule has 0 atom stereocenters. The predicted molar refractivity (Wildman–Crippen MR) is 69.7 cm³/mol. The van der Waals surface area contributed by atoms with Crippen molar-refractivity contribution in [2.24, 2.45) is 5.73 Å². The first-order valence-corrected chi connectivity index (χ1v) is 6.56. The summed E-state index contributed by atoms with van der Waals surface area (Å²) in [6, 6.07) is 0.831. The monoisotopic (exact) mass is 236 g/mol. The van der Waals surface area contributed by atoms with Gasteiger partial charge in [-0.3, -0.25) is 4.90 Å². The van der Waals surface area contributed by atoms with Crippen molar-refractivity contribution in [1.29, 1.82) is 0 Å². The lowest BCUT2D eigenvalue weighted by atomic mass is 10.0. The molecule has 1 aromatic rings. The Balaban J connectivity index is 1.96. The third-order valence-electron chi connectivity index (χ3n) is 3.47. The molecule has 0 radical (unpaired) electrons. The Bertz CT molecular complexity index is 360. The van der Waals surface area contributed by atoms with Crippen molar-refractivity contribution < 1.29 is 0 Å². The highest BCUT2D eigenvalue weighted by molar-refractivity contribution is 5.09. The minimum absolute atomic E-state index is 0.312. The van der Waals surface area contributed by atoms with Crippen molar-refractivity contribution in [2.75, 3.05) is 13.1 Å². The minimum Gasteiger partial charge on any atom is -0.332 e. The average Bonchev–Trinajstić information content (AvgIpc) is 2.95. The maximum atomic E-state index is 6.14. The van der Waals surface area contributed by atoms with E-state index in [2.05, 4.69) is 21.4 Å². The molecular formula is C13H24N4. The van der Waals surface area contributed by atoms with Crippen LogP contribution in [0.25, 0.3) is 0 Å². The number of likely N-dealkylation sites (N-methyl/N-ethyl adjacent to an activating group) is 1. The van der Waals surface area contributed by atoms with E-state index in [4.69, 9.17) is 5.73 Å². The van der Waals surface area contributed by atoms with Crippen molar-refractivity contribution in [3.63, 3.8) is 0 Å². The Morgan fingerprint density at radius 1 is 1.53 bits per heavy atom. The molecule has 0 unspecified atom stereocenters. The van der Waals surface area contributed by atoms with E-state index in [-0.39, 0.29) is 5.54 Å². The highest BCUT2D eigenvalue weighted by Crippen LogP contribution is 2.26. The van der Waals surface area contributed by atoms with Crippen LogP contribution in [0, 0.1) is 0 Å². The van der Waals surface area contributed by atoms with E-state index in [1.165, 1.54) is 12.8 Å². The van der Waals surface area contributed by atoms with Crippen LogP contribution in [0.1, 0.15) is 39.3 Å². The number of nitrogens with two attached hydrogens (primary N) is 1. The van der Waals surface area contributed by atoms with E-state index in [1.807, 2.05) is 26.4 Å². The van der Waals surface area contributed by atoms with Gasteiger partial charge in [0, 0.05) is 25.3 Å². The summed E-state index contributed by atoms with van der Waals surface area (Å²) in [5.41, 5.74) is 6.94. The number of rotatable bonds is 6. The molecule has 4 nitrogen and oxygen atoms in total. The number of nitrogens with zero attached hydrogens (tertiary/aromatic N) is 3. The lowest BCUT2D eigenvalue weighted by molar-refractivity contribution is 0.263. The maximum Gasteiger partial charge on any atom is 0.0949 e. The largest absolute Gasteiger partial charge is 0.332 e. The van der Waals surface area contributed by atoms with Crippen LogP contribution in [0.15, 0.2) is 12.5 Å². The third kappa shape index (κ3) is 3.07. The van der Waals surface area contributed by atoms with Crippen LogP contribution in [0.2, 0.25) is 0 Å². The average molecular weight is 236 g/mol. The van der Waals surface area contributed by atoms with Gasteiger partial charge in [-0.1, -0.05) is 6.92 Å². The fourth-order valence-electron chi connectivity index (χ4n) is 2.31. The molecule has 1 saturated carbocycles. The lowest BCUT2D eigenvalue weighted by Crippen LogP contribution is -2.34. The highest BCUT2D eigenvalue weighted by Gasteiger charge is 2.27. The summed E-state index contributed by atoms with van der Waals surface area (Å²) in [4.78, 5) is 6.77. The van der Waals surface area contributed by atoms with Crippen molar-refractivity contribution >= 4 is 0 Å². The molecule has 1 aliphatic carbocycles. The molecule has 17 heavy (non-hydrogen) atoms. The molecule has 2 N–H and O–H groups in total. The first kappa shape index (κ1) is 12.6. The van der Waals surface area contributed by atoms with E-state index in [0.717, 1.165) is 31.4 Å². The molecule has 0 aliphatic heterocycles. The Kier molecular flexibility index (Phi) is 3.54. The molecule has 0 bridgehead atoms. The van der Waals surface area contributed by atoms with E-state index < -0.39 is 0 Å². The van der Waals surface area contributed by atoms with Gasteiger partial charge in [-0.2, -0.15) is 0 Å². The first-order valence-electron chi connectivity index (χ1n) is 6.56. The zero-order valence-electron chi connectivity index (χ0n) is 11.2. The maximum absolute atomic E-state index is 6.14. The molecule has 0 saturated heterocycles. The highest BCUT2D eigenvalue weighted by atomic mass is 15.2. The molecule has 1 heterocycles. The number of hydrogen-bond acceptors (Lipinski definition) is 3. The summed E-state index contributed by atoms with van der Waals surface area (Å²) < 4.78 is 2.19. The van der Waals surface area contributed by atoms with Gasteiger partial charge in [0.2, 0.25) is 0 Å². The molecule has 0 spiro atoms. The van der Waals surface area contributed by atoms with Crippen molar-refractivity contribution in [3.05, 3.63) is 18.2 Å². The van der Waals surface area contributed by atoms with Crippen molar-refractivity contribution in [2.45, 2.75) is 51.7 Å². The number of hydrogen-bond donors (Lipinski definition) is 1. The van der Waals surface area contributed by atoms with E-state index in [0.29, 0.717) is 0 Å². The van der Waals surface area contributed by atoms with Gasteiger partial charge in [0.25, 0.3) is 0 Å². The second kappa shape index (κ2) is 4.78. The molecule has 1 fully saturated rings. The quantitative estimate of drug-likeness (QED) is 0.815. The summed E-state index contributed by atoms with van der Waals surface area (Å²) in [5.74, 6) is 0. The van der Waals surface area contributed by atoms with E-state index in [1.54, 1.807) is 0 Å². The molecular weight excluding hydrogens is 212 g/mol. The summed E-state index contributed by atoms with van der Waals surface area (Å²) in [7, 11) is 0. The van der Waals surface area contributed by atoms with Gasteiger partial charge in [0.1, 0.15) is 0 Å². The molecule has 2 rings (SSSR count). The fraction of sp³-hybridized carbons (Fsp3) is 0.769. The molecule has 0 aromatic carbocycles. The smallest absolute Gasteiger partial charge is 0.0949 e. The summed E-state index contributed by atoms with van der Waals surface area (Å²) >= 11 is 0. The zero-order chi connectivity index (χ0) is 12.5. The van der Waals surface area contributed by atoms with Crippen LogP contribution >= 0.6 is 0 Å². The van der Waals surface area contributed by atoms with Crippen molar-refractivity contribution in [3.8, 4) is 0 Å². The van der Waals surface area contributed by atoms with Gasteiger partial charge in [0.05, 0.1) is 17.6 Å². The Morgan fingerprint density at radius 3 is 2.76 bits per heavy atom. The van der Waals surface area contributed by atoms with Gasteiger partial charge < -0.3 is 10.3 Å². The Morgan fingerprint density at radius 2 is 2.24 bits per heavy atom. The molecule has 96 valence electrons. The minimum atomic E-state index is -0.312. The summed E-state index contributed by atoms with van der Waals surface area (Å²) in [5, 5.41) is 0. The van der Waals surface area contributed by atoms with Gasteiger partial charge in [-0.05, 0) is 33.2 Å². The third-order valence-corrected chi connectivity index (χ3v) is 3.47. The normalized spacial score (nSPS) is 16.8. The molecule has 4 heteroatoms. The van der Waals surface area contributed by atoms with Gasteiger partial charge in [-0.15, -0.1) is 0 Å². The molecule has 0 amide bonds. The second-order valence-corrected chi connectivity index (χ2v) is 5.55. The molecule has 1 aliphatic rings. The second-order valence-electron chi connectivity index (χ2n) is 5.55. The lowest BCUT2D eigenvalue weighted by Gasteiger charge is -2.24. The number of aromatic nitrogens is 2. The fourth-order valence-corrected chi connectivity index (χ4v) is 2.31. The SMILES string of the molecule is CCN(CCn1cncc1C(C)(C)N)C1CC1. The van der Waals surface area contributed by atoms with Crippen LogP contribution < -0.4 is 5.73 Å². The first-order chi connectivity index (χ1) is 8.02.